The minimum atomic E-state index is 0.195. The summed E-state index contributed by atoms with van der Waals surface area (Å²) in [5.74, 6) is 1.45. The van der Waals surface area contributed by atoms with Gasteiger partial charge in [-0.15, -0.1) is 0 Å². The molecule has 5 heteroatoms. The highest BCUT2D eigenvalue weighted by molar-refractivity contribution is 5.78. The molecule has 0 fully saturated rings. The lowest BCUT2D eigenvalue weighted by Crippen LogP contribution is -2.02. The Hall–Kier alpha value is -1.75. The minimum absolute atomic E-state index is 0.195. The van der Waals surface area contributed by atoms with Crippen molar-refractivity contribution in [3.63, 3.8) is 0 Å². The number of hydrogen-bond acceptors (Lipinski definition) is 5. The molecule has 19 heavy (non-hydrogen) atoms. The van der Waals surface area contributed by atoms with Crippen molar-refractivity contribution in [2.45, 2.75) is 19.3 Å². The molecule has 0 saturated carbocycles. The number of carbonyl (C=O) groups excluding carboxylic acids is 1. The Morgan fingerprint density at radius 1 is 1.11 bits per heavy atom. The summed E-state index contributed by atoms with van der Waals surface area (Å²) in [6.07, 6.45) is 3.23. The Balaban J connectivity index is 2.76. The average molecular weight is 268 g/mol. The van der Waals surface area contributed by atoms with Gasteiger partial charge >= 0.3 is 0 Å². The third kappa shape index (κ3) is 4.44. The molecule has 1 rings (SSSR count). The minimum Gasteiger partial charge on any atom is -0.493 e. The number of ether oxygens (including phenoxy) is 3. The second-order valence-corrected chi connectivity index (χ2v) is 4.01. The Morgan fingerprint density at radius 3 is 2.21 bits per heavy atom. The van der Waals surface area contributed by atoms with Crippen LogP contribution in [0.5, 0.6) is 17.2 Å². The maximum absolute atomic E-state index is 10.8. The van der Waals surface area contributed by atoms with Crippen molar-refractivity contribution in [1.29, 1.82) is 0 Å². The first kappa shape index (κ1) is 15.3. The molecule has 5 nitrogen and oxygen atoms in total. The highest BCUT2D eigenvalue weighted by Crippen LogP contribution is 2.38. The van der Waals surface area contributed by atoms with E-state index in [1.807, 2.05) is 0 Å². The van der Waals surface area contributed by atoms with E-state index in [4.69, 9.17) is 19.3 Å². The van der Waals surface area contributed by atoms with Crippen molar-refractivity contribution in [3.05, 3.63) is 17.7 Å². The van der Waals surface area contributed by atoms with Gasteiger partial charge in [-0.3, -0.25) is 4.79 Å². The van der Waals surface area contributed by atoms with Gasteiger partial charge in [0.15, 0.2) is 11.5 Å². The topological polar surface area (TPSA) is 65.0 Å². The monoisotopic (exact) mass is 268 g/mol. The van der Waals surface area contributed by atoms with E-state index in [0.717, 1.165) is 25.5 Å². The van der Waals surface area contributed by atoms with Gasteiger partial charge in [0.2, 0.25) is 5.75 Å². The van der Waals surface area contributed by atoms with Gasteiger partial charge in [-0.05, 0) is 31.4 Å². The number of aliphatic hydroxyl groups is 1. The van der Waals surface area contributed by atoms with Gasteiger partial charge < -0.3 is 19.3 Å². The number of rotatable bonds is 9. The second kappa shape index (κ2) is 8.37. The molecule has 0 aliphatic rings. The molecular formula is C14H20O5. The number of methoxy groups -OCH3 is 2. The van der Waals surface area contributed by atoms with Gasteiger partial charge in [0, 0.05) is 12.2 Å². The molecule has 0 aliphatic carbocycles. The lowest BCUT2D eigenvalue weighted by atomic mass is 10.2. The number of benzene rings is 1. The van der Waals surface area contributed by atoms with Crippen LogP contribution in [0.4, 0.5) is 0 Å². The van der Waals surface area contributed by atoms with E-state index in [0.29, 0.717) is 29.4 Å². The van der Waals surface area contributed by atoms with E-state index in [2.05, 4.69) is 0 Å². The van der Waals surface area contributed by atoms with E-state index in [9.17, 15) is 4.79 Å². The van der Waals surface area contributed by atoms with Gasteiger partial charge in [-0.1, -0.05) is 0 Å². The summed E-state index contributed by atoms with van der Waals surface area (Å²) in [7, 11) is 3.03. The van der Waals surface area contributed by atoms with Crippen LogP contribution in [0.25, 0.3) is 0 Å². The third-order valence-corrected chi connectivity index (χ3v) is 2.67. The maximum atomic E-state index is 10.8. The fraction of sp³-hybridized carbons (Fsp3) is 0.500. The predicted molar refractivity (Wildman–Crippen MR) is 71.4 cm³/mol. The normalized spacial score (nSPS) is 10.1. The van der Waals surface area contributed by atoms with Gasteiger partial charge in [0.05, 0.1) is 20.8 Å². The van der Waals surface area contributed by atoms with Crippen LogP contribution in [0.2, 0.25) is 0 Å². The van der Waals surface area contributed by atoms with Crippen LogP contribution in [-0.4, -0.2) is 38.8 Å². The molecule has 0 spiro atoms. The lowest BCUT2D eigenvalue weighted by molar-refractivity contribution is 0.112. The highest BCUT2D eigenvalue weighted by atomic mass is 16.5. The zero-order valence-corrected chi connectivity index (χ0v) is 11.3. The van der Waals surface area contributed by atoms with Crippen LogP contribution in [0, 0.1) is 0 Å². The second-order valence-electron chi connectivity index (χ2n) is 4.01. The van der Waals surface area contributed by atoms with Crippen LogP contribution < -0.4 is 14.2 Å². The molecule has 1 aromatic carbocycles. The molecular weight excluding hydrogens is 248 g/mol. The summed E-state index contributed by atoms with van der Waals surface area (Å²) in [4.78, 5) is 10.8. The highest BCUT2D eigenvalue weighted by Gasteiger charge is 2.13. The van der Waals surface area contributed by atoms with E-state index < -0.39 is 0 Å². The van der Waals surface area contributed by atoms with Gasteiger partial charge in [0.1, 0.15) is 6.29 Å². The molecule has 1 N–H and O–H groups in total. The smallest absolute Gasteiger partial charge is 0.203 e. The van der Waals surface area contributed by atoms with Gasteiger partial charge in [-0.25, -0.2) is 0 Å². The largest absolute Gasteiger partial charge is 0.493 e. The zero-order chi connectivity index (χ0) is 14.1. The summed E-state index contributed by atoms with van der Waals surface area (Å²) in [5.41, 5.74) is 0.473. The summed E-state index contributed by atoms with van der Waals surface area (Å²) in [6.45, 7) is 0.702. The Morgan fingerprint density at radius 2 is 1.74 bits per heavy atom. The van der Waals surface area contributed by atoms with Crippen molar-refractivity contribution in [3.8, 4) is 17.2 Å². The fourth-order valence-corrected chi connectivity index (χ4v) is 1.68. The van der Waals surface area contributed by atoms with E-state index in [1.165, 1.54) is 14.2 Å². The van der Waals surface area contributed by atoms with Crippen molar-refractivity contribution in [2.24, 2.45) is 0 Å². The van der Waals surface area contributed by atoms with Gasteiger partial charge in [0.25, 0.3) is 0 Å². The van der Waals surface area contributed by atoms with Gasteiger partial charge in [-0.2, -0.15) is 0 Å². The first-order valence-electron chi connectivity index (χ1n) is 6.21. The Kier molecular flexibility index (Phi) is 6.74. The predicted octanol–water partition coefficient (Wildman–Crippen LogP) is 2.06. The molecule has 0 atom stereocenters. The van der Waals surface area contributed by atoms with Crippen LogP contribution in [0.15, 0.2) is 12.1 Å². The Labute approximate surface area is 113 Å². The number of carbonyl (C=O) groups is 1. The molecule has 1 aromatic rings. The van der Waals surface area contributed by atoms with E-state index in [1.54, 1.807) is 12.1 Å². The first-order chi connectivity index (χ1) is 9.26. The maximum Gasteiger partial charge on any atom is 0.203 e. The van der Waals surface area contributed by atoms with Crippen LogP contribution >= 0.6 is 0 Å². The first-order valence-corrected chi connectivity index (χ1v) is 6.21. The van der Waals surface area contributed by atoms with Crippen molar-refractivity contribution >= 4 is 6.29 Å². The van der Waals surface area contributed by atoms with Crippen LogP contribution in [-0.2, 0) is 0 Å². The van der Waals surface area contributed by atoms with E-state index >= 15 is 0 Å². The molecule has 0 unspecified atom stereocenters. The molecule has 0 radical (unpaired) electrons. The number of hydrogen-bond donors (Lipinski definition) is 1. The summed E-state index contributed by atoms with van der Waals surface area (Å²) >= 11 is 0. The zero-order valence-electron chi connectivity index (χ0n) is 11.3. The molecule has 0 aromatic heterocycles. The van der Waals surface area contributed by atoms with Crippen LogP contribution in [0.1, 0.15) is 29.6 Å². The average Bonchev–Trinajstić information content (AvgIpc) is 2.46. The summed E-state index contributed by atoms with van der Waals surface area (Å²) in [5, 5.41) is 8.69. The standard InChI is InChI=1S/C14H20O5/c1-17-12-8-11(10-16)9-13(18-2)14(12)19-7-5-3-4-6-15/h8-10,15H,3-7H2,1-2H3. The fourth-order valence-electron chi connectivity index (χ4n) is 1.68. The summed E-state index contributed by atoms with van der Waals surface area (Å²) in [6, 6.07) is 3.22. The Bertz CT molecular complexity index is 378. The number of aliphatic hydroxyl groups excluding tert-OH is 1. The number of aldehydes is 1. The van der Waals surface area contributed by atoms with Crippen LogP contribution in [0.3, 0.4) is 0 Å². The molecule has 0 amide bonds. The SMILES string of the molecule is COc1cc(C=O)cc(OC)c1OCCCCCO. The van der Waals surface area contributed by atoms with E-state index in [-0.39, 0.29) is 6.61 Å². The third-order valence-electron chi connectivity index (χ3n) is 2.67. The van der Waals surface area contributed by atoms with Crippen molar-refractivity contribution < 1.29 is 24.1 Å². The molecule has 0 saturated heterocycles. The van der Waals surface area contributed by atoms with Crippen molar-refractivity contribution in [1.82, 2.24) is 0 Å². The van der Waals surface area contributed by atoms with Crippen molar-refractivity contribution in [2.75, 3.05) is 27.4 Å². The molecule has 0 bridgehead atoms. The molecule has 0 heterocycles. The summed E-state index contributed by atoms with van der Waals surface area (Å²) < 4.78 is 16.1. The molecule has 0 aliphatic heterocycles. The number of unbranched alkanes of at least 4 members (excludes halogenated alkanes) is 2. The lowest BCUT2D eigenvalue weighted by Gasteiger charge is -2.14. The molecule has 106 valence electrons. The quantitative estimate of drug-likeness (QED) is 0.548.